The third-order valence-electron chi connectivity index (χ3n) is 3.71. The van der Waals surface area contributed by atoms with Crippen molar-refractivity contribution in [3.8, 4) is 0 Å². The quantitative estimate of drug-likeness (QED) is 0.498. The molecular weight excluding hydrogens is 359 g/mol. The number of hydrogen-bond donors (Lipinski definition) is 1. The molecule has 2 amide bonds. The highest BCUT2D eigenvalue weighted by Gasteiger charge is 2.27. The molecule has 2 aromatic rings. The Morgan fingerprint density at radius 1 is 0.885 bits per heavy atom. The minimum absolute atomic E-state index is 0.00667. The van der Waals surface area contributed by atoms with Gasteiger partial charge >= 0.3 is 0 Å². The van der Waals surface area contributed by atoms with Crippen LogP contribution in [0.15, 0.2) is 24.3 Å². The molecule has 2 aromatic carbocycles. The van der Waals surface area contributed by atoms with Gasteiger partial charge in [-0.1, -0.05) is 12.1 Å². The molecule has 26 heavy (non-hydrogen) atoms. The molecule has 0 unspecified atom stereocenters. The van der Waals surface area contributed by atoms with Gasteiger partial charge in [0.25, 0.3) is 0 Å². The molecule has 0 bridgehead atoms. The predicted octanol–water partition coefficient (Wildman–Crippen LogP) is 2.68. The molecule has 0 fully saturated rings. The zero-order chi connectivity index (χ0) is 19.6. The minimum atomic E-state index is -2.28. The second kappa shape index (κ2) is 7.51. The molecule has 0 radical (unpaired) electrons. The van der Waals surface area contributed by atoms with Crippen molar-refractivity contribution in [3.63, 3.8) is 0 Å². The zero-order valence-corrected chi connectivity index (χ0v) is 13.5. The summed E-state index contributed by atoms with van der Waals surface area (Å²) >= 11 is 0. The van der Waals surface area contributed by atoms with E-state index in [0.717, 1.165) is 4.90 Å². The average Bonchev–Trinajstić information content (AvgIpc) is 2.62. The van der Waals surface area contributed by atoms with Crippen LogP contribution in [0.1, 0.15) is 21.5 Å². The fraction of sp³-hybridized carbons (Fsp3) is 0.176. The Kier molecular flexibility index (Phi) is 5.59. The van der Waals surface area contributed by atoms with Gasteiger partial charge in [-0.15, -0.1) is 0 Å². The van der Waals surface area contributed by atoms with E-state index in [1.807, 2.05) is 0 Å². The average molecular weight is 372 g/mol. The van der Waals surface area contributed by atoms with E-state index >= 15 is 0 Å². The first-order valence-corrected chi connectivity index (χ1v) is 7.26. The lowest BCUT2D eigenvalue weighted by Crippen LogP contribution is -2.29. The van der Waals surface area contributed by atoms with Crippen molar-refractivity contribution in [1.82, 2.24) is 4.90 Å². The van der Waals surface area contributed by atoms with Gasteiger partial charge in [-0.25, -0.2) is 22.0 Å². The first-order chi connectivity index (χ1) is 12.1. The molecule has 2 rings (SSSR count). The summed E-state index contributed by atoms with van der Waals surface area (Å²) in [7, 11) is 1.30. The maximum Gasteiger partial charge on any atom is 0.248 e. The number of hydrogen-bond acceptors (Lipinski definition) is 2. The molecule has 9 heteroatoms. The molecule has 4 nitrogen and oxygen atoms in total. The van der Waals surface area contributed by atoms with E-state index in [0.29, 0.717) is 5.56 Å². The third kappa shape index (κ3) is 3.81. The lowest BCUT2D eigenvalue weighted by atomic mass is 10.1. The van der Waals surface area contributed by atoms with E-state index in [9.17, 15) is 31.5 Å². The van der Waals surface area contributed by atoms with Gasteiger partial charge in [-0.05, 0) is 17.7 Å². The van der Waals surface area contributed by atoms with Crippen LogP contribution < -0.4 is 5.73 Å². The van der Waals surface area contributed by atoms with Crippen molar-refractivity contribution < 1.29 is 31.5 Å². The van der Waals surface area contributed by atoms with Gasteiger partial charge in [0.15, 0.2) is 23.3 Å². The second-order valence-electron chi connectivity index (χ2n) is 5.54. The monoisotopic (exact) mass is 372 g/mol. The maximum atomic E-state index is 13.6. The molecule has 0 spiro atoms. The minimum Gasteiger partial charge on any atom is -0.366 e. The molecule has 0 aliphatic carbocycles. The summed E-state index contributed by atoms with van der Waals surface area (Å²) in [6.07, 6.45) is -0.998. The van der Waals surface area contributed by atoms with Crippen molar-refractivity contribution in [3.05, 3.63) is 70.0 Å². The van der Waals surface area contributed by atoms with Gasteiger partial charge in [0.05, 0.1) is 6.42 Å². The molecule has 0 saturated carbocycles. The highest BCUT2D eigenvalue weighted by molar-refractivity contribution is 5.92. The van der Waals surface area contributed by atoms with Gasteiger partial charge in [-0.3, -0.25) is 9.59 Å². The van der Waals surface area contributed by atoms with Gasteiger partial charge in [0.2, 0.25) is 17.6 Å². The lowest BCUT2D eigenvalue weighted by molar-refractivity contribution is -0.129. The van der Waals surface area contributed by atoms with Crippen molar-refractivity contribution >= 4 is 11.8 Å². The molecule has 138 valence electrons. The summed E-state index contributed by atoms with van der Waals surface area (Å²) in [6, 6.07) is 5.89. The van der Waals surface area contributed by atoms with Crippen molar-refractivity contribution in [2.24, 2.45) is 5.73 Å². The van der Waals surface area contributed by atoms with E-state index in [4.69, 9.17) is 5.73 Å². The smallest absolute Gasteiger partial charge is 0.248 e. The fourth-order valence-corrected chi connectivity index (χ4v) is 2.23. The van der Waals surface area contributed by atoms with Crippen LogP contribution in [0.25, 0.3) is 0 Å². The van der Waals surface area contributed by atoms with Gasteiger partial charge < -0.3 is 10.6 Å². The van der Waals surface area contributed by atoms with Gasteiger partial charge in [0, 0.05) is 24.7 Å². The van der Waals surface area contributed by atoms with Crippen LogP contribution in [0, 0.1) is 29.1 Å². The van der Waals surface area contributed by atoms with E-state index in [-0.39, 0.29) is 12.1 Å². The van der Waals surface area contributed by atoms with Gasteiger partial charge in [0.1, 0.15) is 0 Å². The van der Waals surface area contributed by atoms with E-state index in [2.05, 4.69) is 0 Å². The number of nitrogens with zero attached hydrogens (tertiary/aromatic N) is 1. The Hall–Kier alpha value is -2.97. The molecule has 0 heterocycles. The van der Waals surface area contributed by atoms with E-state index in [1.165, 1.54) is 31.3 Å². The molecule has 0 aliphatic heterocycles. The Bertz CT molecular complexity index is 839. The normalized spacial score (nSPS) is 10.7. The first-order valence-electron chi connectivity index (χ1n) is 7.26. The largest absolute Gasteiger partial charge is 0.366 e. The predicted molar refractivity (Wildman–Crippen MR) is 81.4 cm³/mol. The molecule has 0 aliphatic rings. The number of amides is 2. The van der Waals surface area contributed by atoms with Crippen LogP contribution in [0.4, 0.5) is 22.0 Å². The standard InChI is InChI=1S/C17H13F5N2O2/c1-24(7-8-2-4-9(5-3-8)17(23)26)11(25)6-10-12(18)14(20)16(22)15(21)13(10)19/h2-5H,6-7H2,1H3,(H2,23,26). The molecule has 0 saturated heterocycles. The molecule has 0 aromatic heterocycles. The van der Waals surface area contributed by atoms with E-state index in [1.54, 1.807) is 0 Å². The first kappa shape index (κ1) is 19.4. The van der Waals surface area contributed by atoms with Crippen LogP contribution in [-0.4, -0.2) is 23.8 Å². The second-order valence-corrected chi connectivity index (χ2v) is 5.54. The number of benzene rings is 2. The number of primary amides is 1. The summed E-state index contributed by atoms with van der Waals surface area (Å²) in [5.74, 6) is -12.0. The lowest BCUT2D eigenvalue weighted by Gasteiger charge is -2.18. The van der Waals surface area contributed by atoms with Crippen LogP contribution in [0.2, 0.25) is 0 Å². The summed E-state index contributed by atoms with van der Waals surface area (Å²) in [5, 5.41) is 0. The zero-order valence-electron chi connectivity index (χ0n) is 13.5. The summed E-state index contributed by atoms with van der Waals surface area (Å²) < 4.78 is 66.7. The highest BCUT2D eigenvalue weighted by atomic mass is 19.2. The van der Waals surface area contributed by atoms with E-state index < -0.39 is 52.9 Å². The number of carbonyl (C=O) groups excluding carboxylic acids is 2. The summed E-state index contributed by atoms with van der Waals surface area (Å²) in [6.45, 7) is -0.00667. The number of nitrogens with two attached hydrogens (primary N) is 1. The number of carbonyl (C=O) groups is 2. The maximum absolute atomic E-state index is 13.6. The number of likely N-dealkylation sites (N-methyl/N-ethyl adjacent to an activating group) is 1. The molecule has 2 N–H and O–H groups in total. The molecule has 0 atom stereocenters. The van der Waals surface area contributed by atoms with Gasteiger partial charge in [-0.2, -0.15) is 0 Å². The topological polar surface area (TPSA) is 63.4 Å². The third-order valence-corrected chi connectivity index (χ3v) is 3.71. The Balaban J connectivity index is 2.16. The van der Waals surface area contributed by atoms with Crippen LogP contribution in [0.3, 0.4) is 0 Å². The Morgan fingerprint density at radius 3 is 1.81 bits per heavy atom. The van der Waals surface area contributed by atoms with Crippen molar-refractivity contribution in [2.75, 3.05) is 7.05 Å². The Labute approximate surface area is 145 Å². The van der Waals surface area contributed by atoms with Crippen LogP contribution >= 0.6 is 0 Å². The number of halogens is 5. The van der Waals surface area contributed by atoms with Crippen LogP contribution in [-0.2, 0) is 17.8 Å². The number of rotatable bonds is 5. The van der Waals surface area contributed by atoms with Crippen LogP contribution in [0.5, 0.6) is 0 Å². The van der Waals surface area contributed by atoms with Crippen molar-refractivity contribution in [2.45, 2.75) is 13.0 Å². The summed E-state index contributed by atoms with van der Waals surface area (Å²) in [4.78, 5) is 24.1. The van der Waals surface area contributed by atoms with Crippen molar-refractivity contribution in [1.29, 1.82) is 0 Å². The molecular formula is C17H13F5N2O2. The summed E-state index contributed by atoms with van der Waals surface area (Å²) in [5.41, 5.74) is 4.73. The SMILES string of the molecule is CN(Cc1ccc(C(N)=O)cc1)C(=O)Cc1c(F)c(F)c(F)c(F)c1F. The highest BCUT2D eigenvalue weighted by Crippen LogP contribution is 2.24. The Morgan fingerprint density at radius 2 is 1.35 bits per heavy atom. The fourth-order valence-electron chi connectivity index (χ4n) is 2.23.